The minimum absolute atomic E-state index is 0.0700. The van der Waals surface area contributed by atoms with Crippen molar-refractivity contribution in [3.63, 3.8) is 0 Å². The van der Waals surface area contributed by atoms with Gasteiger partial charge in [0.1, 0.15) is 0 Å². The van der Waals surface area contributed by atoms with Gasteiger partial charge in [0, 0.05) is 17.3 Å². The average molecular weight is 289 g/mol. The van der Waals surface area contributed by atoms with E-state index in [1.54, 1.807) is 24.3 Å². The largest absolute Gasteiger partial charge is 0.325 e. The molecule has 20 heavy (non-hydrogen) atoms. The quantitative estimate of drug-likeness (QED) is 0.885. The zero-order chi connectivity index (χ0) is 14.4. The number of carbonyl (C=O) groups is 1. The average Bonchev–Trinajstić information content (AvgIpc) is 2.44. The van der Waals surface area contributed by atoms with Gasteiger partial charge < -0.3 is 10.6 Å². The van der Waals surface area contributed by atoms with Crippen LogP contribution >= 0.6 is 11.6 Å². The van der Waals surface area contributed by atoms with Crippen molar-refractivity contribution in [1.29, 1.82) is 0 Å². The molecule has 0 spiro atoms. The lowest BCUT2D eigenvalue weighted by Crippen LogP contribution is -2.27. The maximum Gasteiger partial charge on any atom is 0.238 e. The monoisotopic (exact) mass is 288 g/mol. The van der Waals surface area contributed by atoms with Gasteiger partial charge in [-0.25, -0.2) is 0 Å². The molecule has 104 valence electrons. The highest BCUT2D eigenvalue weighted by atomic mass is 35.5. The Hall–Kier alpha value is -1.84. The minimum atomic E-state index is -0.0700. The van der Waals surface area contributed by atoms with Crippen molar-refractivity contribution >= 4 is 23.2 Å². The van der Waals surface area contributed by atoms with E-state index in [-0.39, 0.29) is 12.5 Å². The normalized spacial score (nSPS) is 10.3. The second kappa shape index (κ2) is 7.08. The first-order valence-electron chi connectivity index (χ1n) is 6.45. The predicted octanol–water partition coefficient (Wildman–Crippen LogP) is 3.38. The van der Waals surface area contributed by atoms with Crippen molar-refractivity contribution in [2.75, 3.05) is 11.9 Å². The van der Waals surface area contributed by atoms with Gasteiger partial charge in [-0.15, -0.1) is 0 Å². The molecule has 0 atom stereocenters. The van der Waals surface area contributed by atoms with E-state index in [1.165, 1.54) is 5.56 Å². The van der Waals surface area contributed by atoms with Gasteiger partial charge in [0.2, 0.25) is 5.91 Å². The molecule has 0 radical (unpaired) electrons. The summed E-state index contributed by atoms with van der Waals surface area (Å²) in [6.45, 7) is 3.00. The van der Waals surface area contributed by atoms with Gasteiger partial charge in [-0.3, -0.25) is 4.79 Å². The standard InChI is InChI=1S/C16H17ClN2O/c1-12-2-4-13(5-3-12)10-18-11-16(20)19-15-8-6-14(17)7-9-15/h2-9,18H,10-11H2,1H3,(H,19,20). The Labute approximate surface area is 124 Å². The van der Waals surface area contributed by atoms with Crippen LogP contribution in [-0.4, -0.2) is 12.5 Å². The lowest BCUT2D eigenvalue weighted by Gasteiger charge is -2.07. The Kier molecular flexibility index (Phi) is 5.16. The summed E-state index contributed by atoms with van der Waals surface area (Å²) in [5.41, 5.74) is 3.14. The summed E-state index contributed by atoms with van der Waals surface area (Å²) in [6, 6.07) is 15.3. The zero-order valence-electron chi connectivity index (χ0n) is 11.3. The molecular formula is C16H17ClN2O. The van der Waals surface area contributed by atoms with Crippen molar-refractivity contribution in [2.24, 2.45) is 0 Å². The van der Waals surface area contributed by atoms with Crippen molar-refractivity contribution in [3.05, 3.63) is 64.7 Å². The topological polar surface area (TPSA) is 41.1 Å². The Balaban J connectivity index is 1.75. The van der Waals surface area contributed by atoms with Crippen LogP contribution in [0.2, 0.25) is 5.02 Å². The van der Waals surface area contributed by atoms with Gasteiger partial charge in [-0.05, 0) is 36.8 Å². The maximum atomic E-state index is 11.7. The number of rotatable bonds is 5. The van der Waals surface area contributed by atoms with E-state index < -0.39 is 0 Å². The van der Waals surface area contributed by atoms with E-state index >= 15 is 0 Å². The third-order valence-corrected chi connectivity index (χ3v) is 3.12. The lowest BCUT2D eigenvalue weighted by atomic mass is 10.1. The summed E-state index contributed by atoms with van der Waals surface area (Å²) in [5, 5.41) is 6.57. The summed E-state index contributed by atoms with van der Waals surface area (Å²) < 4.78 is 0. The lowest BCUT2D eigenvalue weighted by molar-refractivity contribution is -0.115. The molecule has 0 heterocycles. The molecule has 4 heteroatoms. The van der Waals surface area contributed by atoms with Crippen LogP contribution in [0.5, 0.6) is 0 Å². The van der Waals surface area contributed by atoms with Crippen LogP contribution in [0.15, 0.2) is 48.5 Å². The van der Waals surface area contributed by atoms with Crippen molar-refractivity contribution < 1.29 is 4.79 Å². The van der Waals surface area contributed by atoms with Gasteiger partial charge in [-0.2, -0.15) is 0 Å². The second-order valence-electron chi connectivity index (χ2n) is 4.64. The van der Waals surface area contributed by atoms with E-state index in [2.05, 4.69) is 41.8 Å². The Morgan fingerprint density at radius 3 is 2.35 bits per heavy atom. The number of hydrogen-bond donors (Lipinski definition) is 2. The number of benzene rings is 2. The number of anilines is 1. The summed E-state index contributed by atoms with van der Waals surface area (Å²) in [4.78, 5) is 11.7. The number of aryl methyl sites for hydroxylation is 1. The van der Waals surface area contributed by atoms with Gasteiger partial charge >= 0.3 is 0 Å². The fraction of sp³-hybridized carbons (Fsp3) is 0.188. The highest BCUT2D eigenvalue weighted by Crippen LogP contribution is 2.13. The van der Waals surface area contributed by atoms with Crippen LogP contribution in [0.25, 0.3) is 0 Å². The molecule has 2 aromatic carbocycles. The Morgan fingerprint density at radius 1 is 1.05 bits per heavy atom. The van der Waals surface area contributed by atoms with Crippen molar-refractivity contribution in [2.45, 2.75) is 13.5 Å². The third-order valence-electron chi connectivity index (χ3n) is 2.86. The molecule has 0 aliphatic rings. The fourth-order valence-electron chi connectivity index (χ4n) is 1.76. The summed E-state index contributed by atoms with van der Waals surface area (Å²) >= 11 is 5.79. The molecule has 0 saturated carbocycles. The molecule has 1 amide bonds. The molecule has 2 N–H and O–H groups in total. The Bertz CT molecular complexity index is 564. The highest BCUT2D eigenvalue weighted by Gasteiger charge is 2.02. The van der Waals surface area contributed by atoms with Crippen LogP contribution < -0.4 is 10.6 Å². The van der Waals surface area contributed by atoms with Gasteiger partial charge in [0.15, 0.2) is 0 Å². The maximum absolute atomic E-state index is 11.7. The third kappa shape index (κ3) is 4.68. The predicted molar refractivity (Wildman–Crippen MR) is 83.0 cm³/mol. The fourth-order valence-corrected chi connectivity index (χ4v) is 1.89. The Morgan fingerprint density at radius 2 is 1.70 bits per heavy atom. The van der Waals surface area contributed by atoms with E-state index in [0.29, 0.717) is 11.6 Å². The molecule has 0 aliphatic carbocycles. The summed E-state index contributed by atoms with van der Waals surface area (Å²) in [7, 11) is 0. The number of halogens is 1. The van der Waals surface area contributed by atoms with Crippen LogP contribution in [-0.2, 0) is 11.3 Å². The van der Waals surface area contributed by atoms with E-state index in [0.717, 1.165) is 11.3 Å². The van der Waals surface area contributed by atoms with Crippen molar-refractivity contribution in [1.82, 2.24) is 5.32 Å². The number of amides is 1. The summed E-state index contributed by atoms with van der Waals surface area (Å²) in [6.07, 6.45) is 0. The van der Waals surface area contributed by atoms with Crippen LogP contribution in [0.3, 0.4) is 0 Å². The molecule has 0 bridgehead atoms. The van der Waals surface area contributed by atoms with Gasteiger partial charge in [-0.1, -0.05) is 41.4 Å². The molecule has 0 unspecified atom stereocenters. The molecule has 0 fully saturated rings. The zero-order valence-corrected chi connectivity index (χ0v) is 12.1. The molecule has 0 aromatic heterocycles. The first-order chi connectivity index (χ1) is 9.63. The minimum Gasteiger partial charge on any atom is -0.325 e. The highest BCUT2D eigenvalue weighted by molar-refractivity contribution is 6.30. The molecule has 3 nitrogen and oxygen atoms in total. The van der Waals surface area contributed by atoms with E-state index in [9.17, 15) is 4.79 Å². The molecule has 0 aliphatic heterocycles. The summed E-state index contributed by atoms with van der Waals surface area (Å²) in [5.74, 6) is -0.0700. The van der Waals surface area contributed by atoms with Crippen LogP contribution in [0.1, 0.15) is 11.1 Å². The molecule has 2 rings (SSSR count). The van der Waals surface area contributed by atoms with Gasteiger partial charge in [0.05, 0.1) is 6.54 Å². The van der Waals surface area contributed by atoms with Gasteiger partial charge in [0.25, 0.3) is 0 Å². The smallest absolute Gasteiger partial charge is 0.238 e. The molecule has 0 saturated heterocycles. The molecule has 2 aromatic rings. The first kappa shape index (κ1) is 14.6. The second-order valence-corrected chi connectivity index (χ2v) is 5.08. The van der Waals surface area contributed by atoms with Crippen molar-refractivity contribution in [3.8, 4) is 0 Å². The van der Waals surface area contributed by atoms with E-state index in [4.69, 9.17) is 11.6 Å². The number of hydrogen-bond acceptors (Lipinski definition) is 2. The number of nitrogens with one attached hydrogen (secondary N) is 2. The van der Waals surface area contributed by atoms with Crippen LogP contribution in [0, 0.1) is 6.92 Å². The van der Waals surface area contributed by atoms with E-state index in [1.807, 2.05) is 0 Å². The first-order valence-corrected chi connectivity index (χ1v) is 6.83. The number of carbonyl (C=O) groups excluding carboxylic acids is 1. The van der Waals surface area contributed by atoms with Crippen LogP contribution in [0.4, 0.5) is 5.69 Å². The molecular weight excluding hydrogens is 272 g/mol. The SMILES string of the molecule is Cc1ccc(CNCC(=O)Nc2ccc(Cl)cc2)cc1.